The van der Waals surface area contributed by atoms with Gasteiger partial charge in [0.15, 0.2) is 10.8 Å². The van der Waals surface area contributed by atoms with Gasteiger partial charge in [0.2, 0.25) is 5.91 Å². The molecule has 1 aliphatic heterocycles. The quantitative estimate of drug-likeness (QED) is 0.935. The van der Waals surface area contributed by atoms with Crippen molar-refractivity contribution in [2.45, 2.75) is 32.2 Å². The third-order valence-electron chi connectivity index (χ3n) is 4.31. The third kappa shape index (κ3) is 2.29. The van der Waals surface area contributed by atoms with Crippen molar-refractivity contribution in [3.05, 3.63) is 5.69 Å². The molecule has 1 atom stereocenters. The van der Waals surface area contributed by atoms with Crippen LogP contribution in [-0.4, -0.2) is 44.7 Å². The van der Waals surface area contributed by atoms with Crippen molar-refractivity contribution in [3.63, 3.8) is 0 Å². The first kappa shape index (κ1) is 13.1. The largest absolute Gasteiger partial charge is 0.361 e. The van der Waals surface area contributed by atoms with E-state index >= 15 is 0 Å². The average Bonchev–Trinajstić information content (AvgIpc) is 2.99. The molecule has 1 amide bonds. The SMILES string of the molecule is Cc1nn(C)c2nc(NC[C@H]3CC(=O)N(C4CC4)C3)sc12. The van der Waals surface area contributed by atoms with Gasteiger partial charge < -0.3 is 10.2 Å². The molecule has 2 fully saturated rings. The molecular formula is C14H19N5OS. The second-order valence-electron chi connectivity index (χ2n) is 6.11. The van der Waals surface area contributed by atoms with Gasteiger partial charge in [-0.05, 0) is 19.8 Å². The number of hydrogen-bond acceptors (Lipinski definition) is 5. The number of nitrogens with zero attached hydrogens (tertiary/aromatic N) is 4. The topological polar surface area (TPSA) is 63.1 Å². The van der Waals surface area contributed by atoms with Gasteiger partial charge in [-0.15, -0.1) is 0 Å². The minimum Gasteiger partial charge on any atom is -0.361 e. The maximum atomic E-state index is 11.9. The number of aryl methyl sites for hydroxylation is 2. The van der Waals surface area contributed by atoms with E-state index in [9.17, 15) is 4.79 Å². The molecular weight excluding hydrogens is 286 g/mol. The van der Waals surface area contributed by atoms with E-state index < -0.39 is 0 Å². The van der Waals surface area contributed by atoms with Gasteiger partial charge in [-0.25, -0.2) is 9.67 Å². The molecule has 0 bridgehead atoms. The van der Waals surface area contributed by atoms with Gasteiger partial charge in [0, 0.05) is 38.5 Å². The molecule has 0 unspecified atom stereocenters. The van der Waals surface area contributed by atoms with E-state index in [-0.39, 0.29) is 0 Å². The van der Waals surface area contributed by atoms with E-state index in [1.165, 1.54) is 12.8 Å². The number of carbonyl (C=O) groups excluding carboxylic acids is 1. The molecule has 1 saturated heterocycles. The molecule has 2 aromatic heterocycles. The summed E-state index contributed by atoms with van der Waals surface area (Å²) in [7, 11) is 1.92. The molecule has 2 aliphatic rings. The molecule has 0 radical (unpaired) electrons. The van der Waals surface area contributed by atoms with Crippen molar-refractivity contribution in [1.82, 2.24) is 19.7 Å². The molecule has 112 valence electrons. The van der Waals surface area contributed by atoms with Gasteiger partial charge in [0.05, 0.1) is 10.4 Å². The average molecular weight is 305 g/mol. The normalized spacial score (nSPS) is 22.5. The fourth-order valence-corrected chi connectivity index (χ4v) is 4.02. The van der Waals surface area contributed by atoms with Crippen LogP contribution in [0.25, 0.3) is 10.3 Å². The summed E-state index contributed by atoms with van der Waals surface area (Å²) in [6, 6.07) is 0.540. The number of aromatic nitrogens is 3. The van der Waals surface area contributed by atoms with Gasteiger partial charge in [0.1, 0.15) is 0 Å². The van der Waals surface area contributed by atoms with Gasteiger partial charge in [-0.1, -0.05) is 11.3 Å². The Hall–Kier alpha value is -1.63. The predicted octanol–water partition coefficient (Wildman–Crippen LogP) is 1.76. The van der Waals surface area contributed by atoms with Crippen molar-refractivity contribution >= 4 is 32.7 Å². The van der Waals surface area contributed by atoms with Crippen molar-refractivity contribution in [2.24, 2.45) is 13.0 Å². The first-order valence-corrected chi connectivity index (χ1v) is 8.27. The molecule has 1 aliphatic carbocycles. The van der Waals surface area contributed by atoms with Crippen LogP contribution in [0.2, 0.25) is 0 Å². The summed E-state index contributed by atoms with van der Waals surface area (Å²) in [6.07, 6.45) is 3.06. The third-order valence-corrected chi connectivity index (χ3v) is 5.42. The van der Waals surface area contributed by atoms with Crippen molar-refractivity contribution in [3.8, 4) is 0 Å². The molecule has 4 rings (SSSR count). The Bertz CT molecular complexity index is 667. The Morgan fingerprint density at radius 1 is 1.43 bits per heavy atom. The number of rotatable bonds is 4. The molecule has 21 heavy (non-hydrogen) atoms. The fraction of sp³-hybridized carbons (Fsp3) is 0.643. The van der Waals surface area contributed by atoms with Crippen LogP contribution in [0.1, 0.15) is 25.0 Å². The standard InChI is InChI=1S/C14H19N5OS/c1-8-12-13(18(2)17-8)16-14(21-12)15-6-9-5-11(20)19(7-9)10-3-4-10/h9-10H,3-7H2,1-2H3,(H,15,16)/t9-/m1/s1. The number of hydrogen-bond donors (Lipinski definition) is 1. The monoisotopic (exact) mass is 305 g/mol. The number of nitrogens with one attached hydrogen (secondary N) is 1. The lowest BCUT2D eigenvalue weighted by molar-refractivity contribution is -0.128. The second kappa shape index (κ2) is 4.69. The first-order valence-electron chi connectivity index (χ1n) is 7.45. The zero-order valence-electron chi connectivity index (χ0n) is 12.3. The van der Waals surface area contributed by atoms with E-state index in [1.807, 2.05) is 18.7 Å². The smallest absolute Gasteiger partial charge is 0.223 e. The second-order valence-corrected chi connectivity index (χ2v) is 7.11. The highest BCUT2D eigenvalue weighted by Crippen LogP contribution is 2.33. The van der Waals surface area contributed by atoms with E-state index in [0.717, 1.165) is 34.3 Å². The van der Waals surface area contributed by atoms with Crippen molar-refractivity contribution in [2.75, 3.05) is 18.4 Å². The molecule has 3 heterocycles. The Kier molecular flexibility index (Phi) is 2.92. The van der Waals surface area contributed by atoms with Crippen LogP contribution in [0.4, 0.5) is 5.13 Å². The van der Waals surface area contributed by atoms with Crippen molar-refractivity contribution < 1.29 is 4.79 Å². The van der Waals surface area contributed by atoms with Crippen LogP contribution in [0.15, 0.2) is 0 Å². The highest BCUT2D eigenvalue weighted by atomic mass is 32.1. The van der Waals surface area contributed by atoms with E-state index in [0.29, 0.717) is 24.3 Å². The molecule has 7 heteroatoms. The lowest BCUT2D eigenvalue weighted by Gasteiger charge is -2.15. The summed E-state index contributed by atoms with van der Waals surface area (Å²) in [4.78, 5) is 18.6. The van der Waals surface area contributed by atoms with Crippen LogP contribution < -0.4 is 5.32 Å². The lowest BCUT2D eigenvalue weighted by atomic mass is 10.1. The maximum absolute atomic E-state index is 11.9. The maximum Gasteiger partial charge on any atom is 0.223 e. The summed E-state index contributed by atoms with van der Waals surface area (Å²) in [6.45, 7) is 3.73. The zero-order valence-corrected chi connectivity index (χ0v) is 13.1. The zero-order chi connectivity index (χ0) is 14.6. The molecule has 1 N–H and O–H groups in total. The number of anilines is 1. The van der Waals surface area contributed by atoms with Crippen LogP contribution in [0.3, 0.4) is 0 Å². The predicted molar refractivity (Wildman–Crippen MR) is 82.5 cm³/mol. The number of carbonyl (C=O) groups is 1. The van der Waals surface area contributed by atoms with E-state index in [2.05, 4.69) is 20.3 Å². The number of amides is 1. The van der Waals surface area contributed by atoms with Gasteiger partial charge >= 0.3 is 0 Å². The number of fused-ring (bicyclic) bond motifs is 1. The van der Waals surface area contributed by atoms with Gasteiger partial charge in [-0.2, -0.15) is 5.10 Å². The van der Waals surface area contributed by atoms with Crippen molar-refractivity contribution in [1.29, 1.82) is 0 Å². The number of thiazole rings is 1. The highest BCUT2D eigenvalue weighted by molar-refractivity contribution is 7.22. The first-order chi connectivity index (χ1) is 10.1. The summed E-state index contributed by atoms with van der Waals surface area (Å²) < 4.78 is 2.96. The lowest BCUT2D eigenvalue weighted by Crippen LogP contribution is -2.28. The van der Waals surface area contributed by atoms with Gasteiger partial charge in [-0.3, -0.25) is 4.79 Å². The Labute approximate surface area is 127 Å². The highest BCUT2D eigenvalue weighted by Gasteiger charge is 2.39. The molecule has 2 aromatic rings. The van der Waals surface area contributed by atoms with Crippen LogP contribution in [0.5, 0.6) is 0 Å². The molecule has 1 saturated carbocycles. The molecule has 0 aromatic carbocycles. The number of likely N-dealkylation sites (tertiary alicyclic amines) is 1. The summed E-state index contributed by atoms with van der Waals surface area (Å²) in [5.74, 6) is 0.734. The van der Waals surface area contributed by atoms with Gasteiger partial charge in [0.25, 0.3) is 0 Å². The Balaban J connectivity index is 1.41. The van der Waals surface area contributed by atoms with E-state index in [1.54, 1.807) is 11.3 Å². The van der Waals surface area contributed by atoms with E-state index in [4.69, 9.17) is 0 Å². The molecule has 0 spiro atoms. The Morgan fingerprint density at radius 2 is 2.24 bits per heavy atom. The van der Waals surface area contributed by atoms with Crippen LogP contribution >= 0.6 is 11.3 Å². The van der Waals surface area contributed by atoms with Crippen LogP contribution in [-0.2, 0) is 11.8 Å². The Morgan fingerprint density at radius 3 is 2.95 bits per heavy atom. The minimum absolute atomic E-state index is 0.327. The fourth-order valence-electron chi connectivity index (χ4n) is 3.08. The van der Waals surface area contributed by atoms with Crippen LogP contribution in [0, 0.1) is 12.8 Å². The summed E-state index contributed by atoms with van der Waals surface area (Å²) in [5.41, 5.74) is 1.95. The summed E-state index contributed by atoms with van der Waals surface area (Å²) in [5, 5.41) is 8.69. The molecule has 6 nitrogen and oxygen atoms in total. The minimum atomic E-state index is 0.327. The summed E-state index contributed by atoms with van der Waals surface area (Å²) >= 11 is 1.64.